The lowest BCUT2D eigenvalue weighted by Gasteiger charge is -2.13. The molecule has 1 saturated heterocycles. The summed E-state index contributed by atoms with van der Waals surface area (Å²) in [6, 6.07) is 7.46. The Kier molecular flexibility index (Phi) is 4.84. The third-order valence-corrected chi connectivity index (χ3v) is 3.23. The molecule has 2 rings (SSSR count). The van der Waals surface area contributed by atoms with Gasteiger partial charge >= 0.3 is 6.03 Å². The normalized spacial score (nSPS) is 18.6. The average Bonchev–Trinajstić information content (AvgIpc) is 2.84. The molecule has 98 valence electrons. The smallest absolute Gasteiger partial charge is 0.316 e. The molecule has 2 N–H and O–H groups in total. The van der Waals surface area contributed by atoms with Crippen molar-refractivity contribution in [3.05, 3.63) is 34.9 Å². The van der Waals surface area contributed by atoms with Gasteiger partial charge in [0, 0.05) is 18.2 Å². The minimum Gasteiger partial charge on any atom is -0.358 e. The minimum atomic E-state index is -0.186. The first-order chi connectivity index (χ1) is 8.75. The van der Waals surface area contributed by atoms with Crippen LogP contribution in [0.15, 0.2) is 24.3 Å². The maximum absolute atomic E-state index is 11.5. The molecule has 1 unspecified atom stereocenters. The number of amides is 2. The predicted octanol–water partition coefficient (Wildman–Crippen LogP) is 2.32. The average molecular weight is 269 g/mol. The van der Waals surface area contributed by atoms with Gasteiger partial charge in [-0.25, -0.2) is 4.79 Å². The van der Waals surface area contributed by atoms with Gasteiger partial charge in [0.25, 0.3) is 0 Å². The number of carbonyl (C=O) groups excluding carboxylic acids is 1. The Bertz CT molecular complexity index is 406. The SMILES string of the molecule is O=C(NCCc1ccccc1Cl)NC1CCCO1. The third kappa shape index (κ3) is 3.89. The third-order valence-electron chi connectivity index (χ3n) is 2.86. The van der Waals surface area contributed by atoms with Crippen molar-refractivity contribution in [1.82, 2.24) is 10.6 Å². The van der Waals surface area contributed by atoms with Crippen LogP contribution in [0.4, 0.5) is 4.79 Å². The highest BCUT2D eigenvalue weighted by Gasteiger charge is 2.16. The lowest BCUT2D eigenvalue weighted by molar-refractivity contribution is 0.0908. The van der Waals surface area contributed by atoms with E-state index in [4.69, 9.17) is 16.3 Å². The van der Waals surface area contributed by atoms with E-state index in [9.17, 15) is 4.79 Å². The molecule has 0 aliphatic carbocycles. The number of nitrogens with one attached hydrogen (secondary N) is 2. The first kappa shape index (κ1) is 13.2. The van der Waals surface area contributed by atoms with Crippen LogP contribution in [-0.4, -0.2) is 25.4 Å². The van der Waals surface area contributed by atoms with Crippen LogP contribution in [0.25, 0.3) is 0 Å². The summed E-state index contributed by atoms with van der Waals surface area (Å²) in [5.74, 6) is 0. The predicted molar refractivity (Wildman–Crippen MR) is 70.7 cm³/mol. The summed E-state index contributed by atoms with van der Waals surface area (Å²) in [4.78, 5) is 11.5. The largest absolute Gasteiger partial charge is 0.358 e. The van der Waals surface area contributed by atoms with E-state index in [-0.39, 0.29) is 12.3 Å². The van der Waals surface area contributed by atoms with E-state index >= 15 is 0 Å². The van der Waals surface area contributed by atoms with Gasteiger partial charge in [0.1, 0.15) is 6.23 Å². The van der Waals surface area contributed by atoms with Gasteiger partial charge in [-0.05, 0) is 30.9 Å². The second-order valence-electron chi connectivity index (χ2n) is 4.24. The highest BCUT2D eigenvalue weighted by Crippen LogP contribution is 2.14. The van der Waals surface area contributed by atoms with Crippen molar-refractivity contribution in [2.24, 2.45) is 0 Å². The highest BCUT2D eigenvalue weighted by atomic mass is 35.5. The molecule has 4 nitrogen and oxygen atoms in total. The fraction of sp³-hybridized carbons (Fsp3) is 0.462. The summed E-state index contributed by atoms with van der Waals surface area (Å²) in [6.07, 6.45) is 2.48. The summed E-state index contributed by atoms with van der Waals surface area (Å²) < 4.78 is 5.31. The van der Waals surface area contributed by atoms with E-state index in [0.717, 1.165) is 36.5 Å². The van der Waals surface area contributed by atoms with Crippen LogP contribution in [0.3, 0.4) is 0 Å². The zero-order valence-electron chi connectivity index (χ0n) is 10.1. The van der Waals surface area contributed by atoms with Gasteiger partial charge in [-0.3, -0.25) is 0 Å². The Hall–Kier alpha value is -1.26. The molecule has 1 aliphatic heterocycles. The van der Waals surface area contributed by atoms with Gasteiger partial charge in [0.05, 0.1) is 0 Å². The van der Waals surface area contributed by atoms with E-state index in [1.807, 2.05) is 24.3 Å². The van der Waals surface area contributed by atoms with Crippen molar-refractivity contribution >= 4 is 17.6 Å². The van der Waals surface area contributed by atoms with Crippen molar-refractivity contribution in [1.29, 1.82) is 0 Å². The summed E-state index contributed by atoms with van der Waals surface area (Å²) >= 11 is 6.03. The summed E-state index contributed by atoms with van der Waals surface area (Å²) in [5.41, 5.74) is 1.04. The standard InChI is InChI=1S/C13H17ClN2O2/c14-11-5-2-1-4-10(11)7-8-15-13(17)16-12-6-3-9-18-12/h1-2,4-5,12H,3,6-9H2,(H2,15,16,17). The Morgan fingerprint density at radius 2 is 2.28 bits per heavy atom. The van der Waals surface area contributed by atoms with Crippen LogP contribution in [0.2, 0.25) is 5.02 Å². The van der Waals surface area contributed by atoms with Crippen molar-refractivity contribution in [2.75, 3.05) is 13.2 Å². The van der Waals surface area contributed by atoms with E-state index in [2.05, 4.69) is 10.6 Å². The fourth-order valence-corrected chi connectivity index (χ4v) is 2.13. The van der Waals surface area contributed by atoms with Gasteiger partial charge in [-0.15, -0.1) is 0 Å². The molecule has 0 bridgehead atoms. The van der Waals surface area contributed by atoms with Crippen LogP contribution in [0.5, 0.6) is 0 Å². The highest BCUT2D eigenvalue weighted by molar-refractivity contribution is 6.31. The Balaban J connectivity index is 1.68. The van der Waals surface area contributed by atoms with Crippen molar-refractivity contribution in [3.63, 3.8) is 0 Å². The first-order valence-corrected chi connectivity index (χ1v) is 6.53. The molecular weight excluding hydrogens is 252 g/mol. The molecule has 0 radical (unpaired) electrons. The van der Waals surface area contributed by atoms with Gasteiger partial charge in [0.2, 0.25) is 0 Å². The topological polar surface area (TPSA) is 50.4 Å². The molecule has 1 aromatic carbocycles. The molecule has 1 aliphatic rings. The van der Waals surface area contributed by atoms with Gasteiger partial charge < -0.3 is 15.4 Å². The van der Waals surface area contributed by atoms with Crippen LogP contribution < -0.4 is 10.6 Å². The Labute approximate surface area is 112 Å². The van der Waals surface area contributed by atoms with E-state index in [1.54, 1.807) is 0 Å². The summed E-state index contributed by atoms with van der Waals surface area (Å²) in [6.45, 7) is 1.28. The lowest BCUT2D eigenvalue weighted by Crippen LogP contribution is -2.42. The molecule has 1 atom stereocenters. The zero-order valence-corrected chi connectivity index (χ0v) is 10.9. The van der Waals surface area contributed by atoms with Gasteiger partial charge in [-0.1, -0.05) is 29.8 Å². The Morgan fingerprint density at radius 1 is 1.44 bits per heavy atom. The van der Waals surface area contributed by atoms with Crippen molar-refractivity contribution in [3.8, 4) is 0 Å². The quantitative estimate of drug-likeness (QED) is 0.881. The number of carbonyl (C=O) groups is 1. The Morgan fingerprint density at radius 3 is 3.00 bits per heavy atom. The monoisotopic (exact) mass is 268 g/mol. The van der Waals surface area contributed by atoms with Crippen LogP contribution in [-0.2, 0) is 11.2 Å². The molecule has 1 heterocycles. The molecule has 0 spiro atoms. The van der Waals surface area contributed by atoms with Crippen molar-refractivity contribution < 1.29 is 9.53 Å². The number of benzene rings is 1. The maximum Gasteiger partial charge on any atom is 0.316 e. The summed E-state index contributed by atoms with van der Waals surface area (Å²) in [5, 5.41) is 6.31. The number of hydrogen-bond acceptors (Lipinski definition) is 2. The number of urea groups is 1. The number of halogens is 1. The lowest BCUT2D eigenvalue weighted by atomic mass is 10.1. The minimum absolute atomic E-state index is 0.134. The van der Waals surface area contributed by atoms with Gasteiger partial charge in [0.15, 0.2) is 0 Å². The molecule has 1 fully saturated rings. The van der Waals surface area contributed by atoms with Crippen molar-refractivity contribution in [2.45, 2.75) is 25.5 Å². The number of ether oxygens (including phenoxy) is 1. The molecule has 0 saturated carbocycles. The summed E-state index contributed by atoms with van der Waals surface area (Å²) in [7, 11) is 0. The molecular formula is C13H17ClN2O2. The van der Waals surface area contributed by atoms with E-state index in [1.165, 1.54) is 0 Å². The molecule has 2 amide bonds. The second-order valence-corrected chi connectivity index (χ2v) is 4.65. The van der Waals surface area contributed by atoms with E-state index in [0.29, 0.717) is 6.54 Å². The number of rotatable bonds is 4. The van der Waals surface area contributed by atoms with E-state index < -0.39 is 0 Å². The zero-order chi connectivity index (χ0) is 12.8. The molecule has 18 heavy (non-hydrogen) atoms. The maximum atomic E-state index is 11.5. The first-order valence-electron chi connectivity index (χ1n) is 6.15. The molecule has 1 aromatic rings. The van der Waals surface area contributed by atoms with Gasteiger partial charge in [-0.2, -0.15) is 0 Å². The van der Waals surface area contributed by atoms with Crippen LogP contribution in [0.1, 0.15) is 18.4 Å². The second kappa shape index (κ2) is 6.61. The van der Waals surface area contributed by atoms with Crippen LogP contribution >= 0.6 is 11.6 Å². The molecule has 5 heteroatoms. The van der Waals surface area contributed by atoms with Crippen LogP contribution in [0, 0.1) is 0 Å². The fourth-order valence-electron chi connectivity index (χ4n) is 1.90. The molecule has 0 aromatic heterocycles. The number of hydrogen-bond donors (Lipinski definition) is 2.